The van der Waals surface area contributed by atoms with Crippen LogP contribution in [0.5, 0.6) is 0 Å². The van der Waals surface area contributed by atoms with Crippen molar-refractivity contribution in [2.75, 3.05) is 0 Å². The molecule has 0 aromatic heterocycles. The zero-order chi connectivity index (χ0) is 12.1. The van der Waals surface area contributed by atoms with Gasteiger partial charge in [0.15, 0.2) is 0 Å². The van der Waals surface area contributed by atoms with Gasteiger partial charge in [0.05, 0.1) is 12.1 Å². The van der Waals surface area contributed by atoms with Gasteiger partial charge in [-0.05, 0) is 31.0 Å². The monoisotopic (exact) mass is 284 g/mol. The summed E-state index contributed by atoms with van der Waals surface area (Å²) in [5.74, 6) is -0.0991. The fourth-order valence-corrected chi connectivity index (χ4v) is 1.60. The van der Waals surface area contributed by atoms with Crippen LogP contribution in [0.4, 0.5) is 0 Å². The molecule has 4 heteroatoms. The summed E-state index contributed by atoms with van der Waals surface area (Å²) in [6, 6.07) is 7.44. The molecule has 0 aliphatic rings. The zero-order valence-corrected chi connectivity index (χ0v) is 11.1. The third-order valence-electron chi connectivity index (χ3n) is 2.51. The Bertz CT molecular complexity index is 351. The van der Waals surface area contributed by atoms with Crippen molar-refractivity contribution in [3.8, 4) is 0 Å². The molecule has 0 saturated carbocycles. The van der Waals surface area contributed by atoms with Gasteiger partial charge in [-0.25, -0.2) is 0 Å². The van der Waals surface area contributed by atoms with Crippen molar-refractivity contribution >= 4 is 21.8 Å². The summed E-state index contributed by atoms with van der Waals surface area (Å²) in [5.41, 5.74) is 6.72. The van der Waals surface area contributed by atoms with Crippen LogP contribution in [0, 0.1) is 0 Å². The Morgan fingerprint density at radius 2 is 2.00 bits per heavy atom. The first-order valence-electron chi connectivity index (χ1n) is 5.36. The number of hydrogen-bond donors (Lipinski definition) is 2. The molecule has 0 saturated heterocycles. The molecule has 1 amide bonds. The second-order valence-electron chi connectivity index (χ2n) is 3.80. The third kappa shape index (κ3) is 3.61. The van der Waals surface area contributed by atoms with Gasteiger partial charge in [0.2, 0.25) is 5.91 Å². The molecule has 3 nitrogen and oxygen atoms in total. The largest absolute Gasteiger partial charge is 0.348 e. The predicted octanol–water partition coefficient (Wildman–Crippen LogP) is 2.36. The highest BCUT2D eigenvalue weighted by Crippen LogP contribution is 2.16. The molecule has 1 rings (SSSR count). The molecule has 0 bridgehead atoms. The Morgan fingerprint density at radius 1 is 1.44 bits per heavy atom. The van der Waals surface area contributed by atoms with Crippen LogP contribution in [-0.2, 0) is 4.79 Å². The normalized spacial score (nSPS) is 14.2. The minimum atomic E-state index is -0.419. The van der Waals surface area contributed by atoms with E-state index in [0.29, 0.717) is 6.42 Å². The van der Waals surface area contributed by atoms with E-state index in [4.69, 9.17) is 5.73 Å². The number of nitrogens with one attached hydrogen (secondary N) is 1. The molecule has 0 heterocycles. The summed E-state index contributed by atoms with van der Waals surface area (Å²) in [7, 11) is 0. The highest BCUT2D eigenvalue weighted by atomic mass is 79.9. The average Bonchev–Trinajstić information content (AvgIpc) is 2.28. The smallest absolute Gasteiger partial charge is 0.237 e. The number of hydrogen-bond acceptors (Lipinski definition) is 2. The first-order chi connectivity index (χ1) is 7.54. The fraction of sp³-hybridized carbons (Fsp3) is 0.417. The minimum absolute atomic E-state index is 0.0156. The summed E-state index contributed by atoms with van der Waals surface area (Å²) in [6.45, 7) is 3.85. The highest BCUT2D eigenvalue weighted by Gasteiger charge is 2.14. The van der Waals surface area contributed by atoms with Crippen LogP contribution >= 0.6 is 15.9 Å². The van der Waals surface area contributed by atoms with E-state index in [1.807, 2.05) is 38.1 Å². The highest BCUT2D eigenvalue weighted by molar-refractivity contribution is 9.10. The number of benzene rings is 1. The topological polar surface area (TPSA) is 55.1 Å². The second kappa shape index (κ2) is 6.01. The lowest BCUT2D eigenvalue weighted by Crippen LogP contribution is -2.41. The Labute approximate surface area is 105 Å². The minimum Gasteiger partial charge on any atom is -0.348 e. The van der Waals surface area contributed by atoms with E-state index in [2.05, 4.69) is 21.2 Å². The van der Waals surface area contributed by atoms with Crippen molar-refractivity contribution < 1.29 is 4.79 Å². The average molecular weight is 285 g/mol. The maximum absolute atomic E-state index is 11.6. The molecule has 0 fully saturated rings. The Balaban J connectivity index is 2.62. The van der Waals surface area contributed by atoms with Crippen molar-refractivity contribution in [1.29, 1.82) is 0 Å². The van der Waals surface area contributed by atoms with Crippen LogP contribution < -0.4 is 11.1 Å². The van der Waals surface area contributed by atoms with Gasteiger partial charge < -0.3 is 11.1 Å². The molecule has 0 radical (unpaired) electrons. The Hall–Kier alpha value is -0.870. The van der Waals surface area contributed by atoms with Crippen LogP contribution in [0.15, 0.2) is 28.7 Å². The lowest BCUT2D eigenvalue weighted by atomic mass is 10.1. The standard InChI is InChI=1S/C12H17BrN2O/c1-3-11(14)12(16)15-8(2)9-4-6-10(13)7-5-9/h4-8,11H,3,14H2,1-2H3,(H,15,16)/t8-,11-/m1/s1. The van der Waals surface area contributed by atoms with E-state index in [9.17, 15) is 4.79 Å². The van der Waals surface area contributed by atoms with Gasteiger partial charge in [0, 0.05) is 4.47 Å². The summed E-state index contributed by atoms with van der Waals surface area (Å²) in [6.07, 6.45) is 0.652. The maximum atomic E-state index is 11.6. The van der Waals surface area contributed by atoms with Crippen molar-refractivity contribution in [2.45, 2.75) is 32.4 Å². The SMILES string of the molecule is CC[C@@H](N)C(=O)N[C@H](C)c1ccc(Br)cc1. The molecule has 0 unspecified atom stereocenters. The maximum Gasteiger partial charge on any atom is 0.237 e. The van der Waals surface area contributed by atoms with Gasteiger partial charge >= 0.3 is 0 Å². The summed E-state index contributed by atoms with van der Waals surface area (Å²) < 4.78 is 1.03. The molecular formula is C12H17BrN2O. The number of nitrogens with two attached hydrogens (primary N) is 1. The van der Waals surface area contributed by atoms with E-state index in [1.54, 1.807) is 0 Å². The summed E-state index contributed by atoms with van der Waals surface area (Å²) in [4.78, 5) is 11.6. The number of carbonyl (C=O) groups excluding carboxylic acids is 1. The van der Waals surface area contributed by atoms with Crippen molar-refractivity contribution in [1.82, 2.24) is 5.32 Å². The molecule has 0 aliphatic heterocycles. The molecule has 88 valence electrons. The van der Waals surface area contributed by atoms with Crippen molar-refractivity contribution in [3.63, 3.8) is 0 Å². The summed E-state index contributed by atoms with van der Waals surface area (Å²) >= 11 is 3.37. The number of carbonyl (C=O) groups is 1. The zero-order valence-electron chi connectivity index (χ0n) is 9.53. The summed E-state index contributed by atoms with van der Waals surface area (Å²) in [5, 5.41) is 2.89. The predicted molar refractivity (Wildman–Crippen MR) is 69.0 cm³/mol. The van der Waals surface area contributed by atoms with Gasteiger partial charge in [-0.15, -0.1) is 0 Å². The van der Waals surface area contributed by atoms with Crippen molar-refractivity contribution in [3.05, 3.63) is 34.3 Å². The second-order valence-corrected chi connectivity index (χ2v) is 4.71. The van der Waals surface area contributed by atoms with Crippen LogP contribution in [0.3, 0.4) is 0 Å². The van der Waals surface area contributed by atoms with E-state index < -0.39 is 6.04 Å². The van der Waals surface area contributed by atoms with Gasteiger partial charge in [0.1, 0.15) is 0 Å². The van der Waals surface area contributed by atoms with Crippen LogP contribution in [0.2, 0.25) is 0 Å². The molecule has 0 spiro atoms. The first kappa shape index (κ1) is 13.2. The number of amides is 1. The molecule has 1 aromatic rings. The van der Waals surface area contributed by atoms with Crippen LogP contribution in [0.1, 0.15) is 31.9 Å². The van der Waals surface area contributed by atoms with Gasteiger partial charge in [-0.3, -0.25) is 4.79 Å². The molecular weight excluding hydrogens is 268 g/mol. The van der Waals surface area contributed by atoms with Gasteiger partial charge in [0.25, 0.3) is 0 Å². The third-order valence-corrected chi connectivity index (χ3v) is 3.03. The van der Waals surface area contributed by atoms with E-state index >= 15 is 0 Å². The lowest BCUT2D eigenvalue weighted by Gasteiger charge is -2.17. The molecule has 3 N–H and O–H groups in total. The Morgan fingerprint density at radius 3 is 2.50 bits per heavy atom. The Kier molecular flexibility index (Phi) is 4.96. The lowest BCUT2D eigenvalue weighted by molar-refractivity contribution is -0.123. The van der Waals surface area contributed by atoms with E-state index in [1.165, 1.54) is 0 Å². The van der Waals surface area contributed by atoms with Crippen LogP contribution in [-0.4, -0.2) is 11.9 Å². The molecule has 1 aromatic carbocycles. The van der Waals surface area contributed by atoms with Crippen LogP contribution in [0.25, 0.3) is 0 Å². The quantitative estimate of drug-likeness (QED) is 0.892. The van der Waals surface area contributed by atoms with Gasteiger partial charge in [-0.1, -0.05) is 35.0 Å². The van der Waals surface area contributed by atoms with E-state index in [0.717, 1.165) is 10.0 Å². The van der Waals surface area contributed by atoms with E-state index in [-0.39, 0.29) is 11.9 Å². The molecule has 0 aliphatic carbocycles. The van der Waals surface area contributed by atoms with Gasteiger partial charge in [-0.2, -0.15) is 0 Å². The number of rotatable bonds is 4. The van der Waals surface area contributed by atoms with Crippen molar-refractivity contribution in [2.24, 2.45) is 5.73 Å². The first-order valence-corrected chi connectivity index (χ1v) is 6.15. The molecule has 2 atom stereocenters. The fourth-order valence-electron chi connectivity index (χ4n) is 1.34. The number of halogens is 1. The molecule has 16 heavy (non-hydrogen) atoms.